The molecule has 2 rings (SSSR count). The molecule has 1 heterocycles. The second kappa shape index (κ2) is 8.19. The molecule has 0 aliphatic carbocycles. The third kappa shape index (κ3) is 6.48. The molecule has 0 atom stereocenters. The summed E-state index contributed by atoms with van der Waals surface area (Å²) in [5.41, 5.74) is 0.157. The minimum atomic E-state index is -4.76. The number of hydrogen-bond donors (Lipinski definition) is 1. The number of alkyl halides is 3. The van der Waals surface area contributed by atoms with Gasteiger partial charge in [-0.15, -0.1) is 13.2 Å². The van der Waals surface area contributed by atoms with Crippen molar-refractivity contribution in [3.63, 3.8) is 0 Å². The fourth-order valence-electron chi connectivity index (χ4n) is 2.62. The third-order valence-electron chi connectivity index (χ3n) is 3.72. The molecule has 1 fully saturated rings. The Labute approximate surface area is 133 Å². The second-order valence-electron chi connectivity index (χ2n) is 5.59. The first-order chi connectivity index (χ1) is 10.9. The van der Waals surface area contributed by atoms with Gasteiger partial charge in [0, 0.05) is 12.1 Å². The van der Waals surface area contributed by atoms with Crippen molar-refractivity contribution < 1.29 is 22.7 Å². The van der Waals surface area contributed by atoms with Gasteiger partial charge in [-0.05, 0) is 57.1 Å². The third-order valence-corrected chi connectivity index (χ3v) is 3.72. The number of likely N-dealkylation sites (tertiary alicyclic amines) is 1. The van der Waals surface area contributed by atoms with E-state index in [1.165, 1.54) is 37.5 Å². The Hall–Kier alpha value is -1.76. The van der Waals surface area contributed by atoms with Crippen LogP contribution in [0.15, 0.2) is 24.3 Å². The van der Waals surface area contributed by atoms with Crippen LogP contribution in [0.3, 0.4) is 0 Å². The van der Waals surface area contributed by atoms with Crippen molar-refractivity contribution in [2.75, 3.05) is 26.2 Å². The van der Waals surface area contributed by atoms with Crippen molar-refractivity contribution in [3.8, 4) is 5.75 Å². The highest BCUT2D eigenvalue weighted by Crippen LogP contribution is 2.23. The predicted octanol–water partition coefficient (Wildman–Crippen LogP) is 3.19. The van der Waals surface area contributed by atoms with E-state index in [4.69, 9.17) is 0 Å². The summed E-state index contributed by atoms with van der Waals surface area (Å²) in [6, 6.07) is 5.08. The van der Waals surface area contributed by atoms with E-state index in [2.05, 4.69) is 15.0 Å². The fourth-order valence-corrected chi connectivity index (χ4v) is 2.62. The summed E-state index contributed by atoms with van der Waals surface area (Å²) in [7, 11) is 0. The molecule has 0 spiro atoms. The average molecular weight is 330 g/mol. The van der Waals surface area contributed by atoms with Crippen LogP contribution in [0.5, 0.6) is 5.75 Å². The van der Waals surface area contributed by atoms with Crippen LogP contribution in [0.25, 0.3) is 0 Å². The summed E-state index contributed by atoms with van der Waals surface area (Å²) in [6.45, 7) is 3.63. The molecule has 128 valence electrons. The van der Waals surface area contributed by atoms with E-state index in [1.54, 1.807) is 0 Å². The molecule has 23 heavy (non-hydrogen) atoms. The van der Waals surface area contributed by atoms with Crippen molar-refractivity contribution in [1.82, 2.24) is 10.2 Å². The number of carbonyl (C=O) groups is 1. The van der Waals surface area contributed by atoms with E-state index in [9.17, 15) is 18.0 Å². The van der Waals surface area contributed by atoms with Crippen molar-refractivity contribution in [2.45, 2.75) is 32.0 Å². The highest BCUT2D eigenvalue weighted by atomic mass is 19.4. The van der Waals surface area contributed by atoms with Crippen molar-refractivity contribution in [3.05, 3.63) is 29.8 Å². The lowest BCUT2D eigenvalue weighted by atomic mass is 10.1. The Morgan fingerprint density at radius 1 is 1.22 bits per heavy atom. The van der Waals surface area contributed by atoms with Crippen LogP contribution in [0.2, 0.25) is 0 Å². The van der Waals surface area contributed by atoms with E-state index >= 15 is 0 Å². The number of rotatable bonds is 6. The van der Waals surface area contributed by atoms with Gasteiger partial charge in [0.15, 0.2) is 0 Å². The zero-order valence-corrected chi connectivity index (χ0v) is 12.9. The van der Waals surface area contributed by atoms with Gasteiger partial charge in [-0.2, -0.15) is 0 Å². The maximum absolute atomic E-state index is 12.2. The number of carbonyl (C=O) groups excluding carboxylic acids is 1. The first kappa shape index (κ1) is 17.6. The van der Waals surface area contributed by atoms with Crippen LogP contribution in [-0.4, -0.2) is 43.3 Å². The lowest BCUT2D eigenvalue weighted by Crippen LogP contribution is -2.33. The van der Waals surface area contributed by atoms with Crippen LogP contribution in [0.1, 0.15) is 36.0 Å². The van der Waals surface area contributed by atoms with Gasteiger partial charge in [0.25, 0.3) is 5.91 Å². The lowest BCUT2D eigenvalue weighted by Gasteiger charge is -2.26. The van der Waals surface area contributed by atoms with Crippen molar-refractivity contribution in [2.24, 2.45) is 0 Å². The SMILES string of the molecule is O=C(NCCCN1CCCCC1)c1cccc(OC(F)(F)F)c1. The van der Waals surface area contributed by atoms with Crippen LogP contribution in [0.4, 0.5) is 13.2 Å². The van der Waals surface area contributed by atoms with Crippen LogP contribution >= 0.6 is 0 Å². The minimum absolute atomic E-state index is 0.157. The number of hydrogen-bond acceptors (Lipinski definition) is 3. The quantitative estimate of drug-likeness (QED) is 0.815. The largest absolute Gasteiger partial charge is 0.573 e. The van der Waals surface area contributed by atoms with Gasteiger partial charge in [-0.25, -0.2) is 0 Å². The predicted molar refractivity (Wildman–Crippen MR) is 80.4 cm³/mol. The summed E-state index contributed by atoms with van der Waals surface area (Å²) < 4.78 is 40.3. The van der Waals surface area contributed by atoms with Crippen LogP contribution < -0.4 is 10.1 Å². The highest BCUT2D eigenvalue weighted by molar-refractivity contribution is 5.94. The smallest absolute Gasteiger partial charge is 0.406 e. The molecule has 1 aromatic rings. The maximum Gasteiger partial charge on any atom is 0.573 e. The summed E-state index contributed by atoms with van der Waals surface area (Å²) >= 11 is 0. The molecule has 1 aliphatic heterocycles. The van der Waals surface area contributed by atoms with Gasteiger partial charge >= 0.3 is 6.36 Å². The second-order valence-corrected chi connectivity index (χ2v) is 5.59. The zero-order valence-electron chi connectivity index (χ0n) is 12.9. The molecule has 4 nitrogen and oxygen atoms in total. The van der Waals surface area contributed by atoms with E-state index in [-0.39, 0.29) is 5.56 Å². The Balaban J connectivity index is 1.75. The zero-order chi connectivity index (χ0) is 16.7. The number of halogens is 3. The first-order valence-electron chi connectivity index (χ1n) is 7.80. The number of nitrogens with one attached hydrogen (secondary N) is 1. The molecule has 0 saturated carbocycles. The summed E-state index contributed by atoms with van der Waals surface area (Å²) in [5, 5.41) is 2.73. The Morgan fingerprint density at radius 2 is 1.96 bits per heavy atom. The molecule has 1 aliphatic rings. The maximum atomic E-state index is 12.2. The summed E-state index contributed by atoms with van der Waals surface area (Å²) in [4.78, 5) is 14.3. The Bertz CT molecular complexity index is 514. The highest BCUT2D eigenvalue weighted by Gasteiger charge is 2.31. The van der Waals surface area contributed by atoms with Gasteiger partial charge in [0.05, 0.1) is 0 Å². The number of amides is 1. The van der Waals surface area contributed by atoms with E-state index in [1.807, 2.05) is 0 Å². The van der Waals surface area contributed by atoms with Gasteiger partial charge in [0.1, 0.15) is 5.75 Å². The molecule has 1 aromatic carbocycles. The van der Waals surface area contributed by atoms with Crippen molar-refractivity contribution >= 4 is 5.91 Å². The molecule has 0 aromatic heterocycles. The van der Waals surface area contributed by atoms with Crippen molar-refractivity contribution in [1.29, 1.82) is 0 Å². The van der Waals surface area contributed by atoms with Gasteiger partial charge in [-0.1, -0.05) is 12.5 Å². The summed E-state index contributed by atoms with van der Waals surface area (Å²) in [5.74, 6) is -0.783. The minimum Gasteiger partial charge on any atom is -0.406 e. The molecule has 0 bridgehead atoms. The summed E-state index contributed by atoms with van der Waals surface area (Å²) in [6.07, 6.45) is -0.214. The molecule has 1 saturated heterocycles. The van der Waals surface area contributed by atoms with E-state index < -0.39 is 18.0 Å². The molecule has 1 amide bonds. The standard InChI is InChI=1S/C16H21F3N2O2/c17-16(18,19)23-14-7-4-6-13(12-14)15(22)20-8-5-11-21-9-2-1-3-10-21/h4,6-7,12H,1-3,5,8-11H2,(H,20,22). The average Bonchev–Trinajstić information content (AvgIpc) is 2.51. The molecule has 1 N–H and O–H groups in total. The van der Waals surface area contributed by atoms with Gasteiger partial charge < -0.3 is 15.0 Å². The lowest BCUT2D eigenvalue weighted by molar-refractivity contribution is -0.274. The molecular weight excluding hydrogens is 309 g/mol. The molecule has 7 heteroatoms. The topological polar surface area (TPSA) is 41.6 Å². The molecular formula is C16H21F3N2O2. The first-order valence-corrected chi connectivity index (χ1v) is 7.80. The van der Waals surface area contributed by atoms with Gasteiger partial charge in [0.2, 0.25) is 0 Å². The number of benzene rings is 1. The molecule has 0 unspecified atom stereocenters. The fraction of sp³-hybridized carbons (Fsp3) is 0.562. The number of ether oxygens (including phenoxy) is 1. The number of nitrogens with zero attached hydrogens (tertiary/aromatic N) is 1. The van der Waals surface area contributed by atoms with Crippen LogP contribution in [0, 0.1) is 0 Å². The molecule has 0 radical (unpaired) electrons. The monoisotopic (exact) mass is 330 g/mol. The van der Waals surface area contributed by atoms with Gasteiger partial charge in [-0.3, -0.25) is 4.79 Å². The Kier molecular flexibility index (Phi) is 6.27. The number of piperidine rings is 1. The van der Waals surface area contributed by atoms with E-state index in [0.717, 1.165) is 32.1 Å². The Morgan fingerprint density at radius 3 is 2.65 bits per heavy atom. The van der Waals surface area contributed by atoms with E-state index in [0.29, 0.717) is 6.54 Å². The van der Waals surface area contributed by atoms with Crippen LogP contribution in [-0.2, 0) is 0 Å². The normalized spacial score (nSPS) is 16.1.